The lowest BCUT2D eigenvalue weighted by Crippen LogP contribution is -2.54. The van der Waals surface area contributed by atoms with Crippen LogP contribution in [0.1, 0.15) is 17.2 Å². The maximum absolute atomic E-state index is 9.48. The minimum atomic E-state index is -0.0265. The predicted octanol–water partition coefficient (Wildman–Crippen LogP) is 0.0955. The van der Waals surface area contributed by atoms with Crippen molar-refractivity contribution in [1.29, 1.82) is 0 Å². The van der Waals surface area contributed by atoms with Crippen molar-refractivity contribution >= 4 is 0 Å². The van der Waals surface area contributed by atoms with Gasteiger partial charge in [0.05, 0.1) is 30.9 Å². The van der Waals surface area contributed by atoms with Crippen LogP contribution in [0.5, 0.6) is 0 Å². The molecule has 3 heterocycles. The van der Waals surface area contributed by atoms with Gasteiger partial charge in [-0.25, -0.2) is 4.98 Å². The Balaban J connectivity index is 1.71. The number of nitrogens with zero attached hydrogens (tertiary/aromatic N) is 3. The predicted molar refractivity (Wildman–Crippen MR) is 67.3 cm³/mol. The highest BCUT2D eigenvalue weighted by Crippen LogP contribution is 2.30. The van der Waals surface area contributed by atoms with E-state index in [4.69, 9.17) is 4.74 Å². The summed E-state index contributed by atoms with van der Waals surface area (Å²) in [5.41, 5.74) is 2.54. The van der Waals surface area contributed by atoms with E-state index in [0.29, 0.717) is 13.2 Å². The molecule has 5 nitrogen and oxygen atoms in total. The molecule has 0 atom stereocenters. The number of ether oxygens (including phenoxy) is 1. The highest BCUT2D eigenvalue weighted by atomic mass is 16.5. The van der Waals surface area contributed by atoms with Gasteiger partial charge in [0.15, 0.2) is 0 Å². The van der Waals surface area contributed by atoms with Crippen LogP contribution in [0.2, 0.25) is 0 Å². The van der Waals surface area contributed by atoms with E-state index in [2.05, 4.69) is 28.4 Å². The van der Waals surface area contributed by atoms with Crippen LogP contribution in [0.15, 0.2) is 0 Å². The number of aliphatic hydroxyl groups is 1. The van der Waals surface area contributed by atoms with E-state index in [9.17, 15) is 5.11 Å². The summed E-state index contributed by atoms with van der Waals surface area (Å²) in [5, 5.41) is 9.48. The molecule has 3 rings (SSSR count). The molecule has 0 amide bonds. The second-order valence-electron chi connectivity index (χ2n) is 5.72. The van der Waals surface area contributed by atoms with Gasteiger partial charge in [0.1, 0.15) is 5.82 Å². The number of imidazole rings is 1. The fourth-order valence-corrected chi connectivity index (χ4v) is 2.95. The molecule has 0 aromatic carbocycles. The van der Waals surface area contributed by atoms with Crippen LogP contribution in [0.4, 0.5) is 0 Å². The summed E-state index contributed by atoms with van der Waals surface area (Å²) < 4.78 is 7.45. The maximum Gasteiger partial charge on any atom is 0.105 e. The Morgan fingerprint density at radius 1 is 1.44 bits per heavy atom. The topological polar surface area (TPSA) is 50.5 Å². The zero-order valence-electron chi connectivity index (χ0n) is 11.1. The van der Waals surface area contributed by atoms with E-state index in [-0.39, 0.29) is 12.0 Å². The molecular weight excluding hydrogens is 230 g/mol. The van der Waals surface area contributed by atoms with Crippen LogP contribution >= 0.6 is 0 Å². The Bertz CT molecular complexity index is 446. The van der Waals surface area contributed by atoms with E-state index >= 15 is 0 Å². The molecule has 1 aromatic heterocycles. The van der Waals surface area contributed by atoms with Crippen molar-refractivity contribution in [2.24, 2.45) is 12.5 Å². The van der Waals surface area contributed by atoms with Gasteiger partial charge in [-0.2, -0.15) is 0 Å². The van der Waals surface area contributed by atoms with Crippen LogP contribution < -0.4 is 0 Å². The fraction of sp³-hybridized carbons (Fsp3) is 0.769. The summed E-state index contributed by atoms with van der Waals surface area (Å²) in [6.45, 7) is 6.52. The van der Waals surface area contributed by atoms with Gasteiger partial charge in [0.2, 0.25) is 0 Å². The lowest BCUT2D eigenvalue weighted by Gasteiger charge is -2.44. The fourth-order valence-electron chi connectivity index (χ4n) is 2.95. The number of aromatic nitrogens is 2. The molecule has 1 saturated heterocycles. The molecule has 0 bridgehead atoms. The molecule has 18 heavy (non-hydrogen) atoms. The van der Waals surface area contributed by atoms with Crippen LogP contribution in [-0.4, -0.2) is 52.5 Å². The molecule has 0 unspecified atom stereocenters. The second-order valence-corrected chi connectivity index (χ2v) is 5.72. The highest BCUT2D eigenvalue weighted by Gasteiger charge is 2.40. The smallest absolute Gasteiger partial charge is 0.105 e. The average molecular weight is 251 g/mol. The monoisotopic (exact) mass is 251 g/mol. The summed E-state index contributed by atoms with van der Waals surface area (Å²) in [6.07, 6.45) is 1.05. The van der Waals surface area contributed by atoms with E-state index in [1.807, 2.05) is 0 Å². The molecule has 0 aliphatic carbocycles. The van der Waals surface area contributed by atoms with E-state index in [1.54, 1.807) is 0 Å². The van der Waals surface area contributed by atoms with Crippen molar-refractivity contribution in [1.82, 2.24) is 14.5 Å². The molecule has 0 saturated carbocycles. The number of hydrogen-bond donors (Lipinski definition) is 1. The Hall–Kier alpha value is -0.910. The third kappa shape index (κ3) is 1.86. The van der Waals surface area contributed by atoms with Crippen molar-refractivity contribution in [3.63, 3.8) is 0 Å². The van der Waals surface area contributed by atoms with Gasteiger partial charge in [0, 0.05) is 38.8 Å². The van der Waals surface area contributed by atoms with Crippen molar-refractivity contribution in [3.8, 4) is 0 Å². The average Bonchev–Trinajstić information content (AvgIpc) is 2.60. The molecule has 1 fully saturated rings. The van der Waals surface area contributed by atoms with Crippen molar-refractivity contribution < 1.29 is 9.84 Å². The lowest BCUT2D eigenvalue weighted by molar-refractivity contribution is -0.149. The SMILES string of the molecule is Cc1nc2c(n1C)CCN(CC1(CO)COC1)C2. The zero-order chi connectivity index (χ0) is 12.8. The highest BCUT2D eigenvalue weighted by molar-refractivity contribution is 5.19. The normalized spacial score (nSPS) is 22.6. The molecule has 0 spiro atoms. The minimum absolute atomic E-state index is 0.0265. The molecule has 1 N–H and O–H groups in total. The summed E-state index contributed by atoms with van der Waals surface area (Å²) in [5.74, 6) is 1.09. The third-order valence-electron chi connectivity index (χ3n) is 4.27. The van der Waals surface area contributed by atoms with Gasteiger partial charge < -0.3 is 14.4 Å². The number of hydrogen-bond acceptors (Lipinski definition) is 4. The minimum Gasteiger partial charge on any atom is -0.396 e. The maximum atomic E-state index is 9.48. The van der Waals surface area contributed by atoms with Crippen LogP contribution in [-0.2, 0) is 24.8 Å². The molecule has 2 aliphatic heterocycles. The molecule has 5 heteroatoms. The largest absolute Gasteiger partial charge is 0.396 e. The number of fused-ring (bicyclic) bond motifs is 1. The number of rotatable bonds is 3. The Kier molecular flexibility index (Phi) is 2.92. The zero-order valence-corrected chi connectivity index (χ0v) is 11.1. The second kappa shape index (κ2) is 4.33. The summed E-state index contributed by atoms with van der Waals surface area (Å²) >= 11 is 0. The first-order chi connectivity index (χ1) is 8.63. The quantitative estimate of drug-likeness (QED) is 0.827. The first kappa shape index (κ1) is 12.1. The van der Waals surface area contributed by atoms with Gasteiger partial charge in [-0.3, -0.25) is 4.90 Å². The first-order valence-electron chi connectivity index (χ1n) is 6.56. The van der Waals surface area contributed by atoms with E-state index in [1.165, 1.54) is 11.4 Å². The molecule has 100 valence electrons. The molecule has 2 aliphatic rings. The Labute approximate surface area is 107 Å². The molecule has 0 radical (unpaired) electrons. The third-order valence-corrected chi connectivity index (χ3v) is 4.27. The van der Waals surface area contributed by atoms with Gasteiger partial charge in [0.25, 0.3) is 0 Å². The van der Waals surface area contributed by atoms with Crippen molar-refractivity contribution in [3.05, 3.63) is 17.2 Å². The number of aliphatic hydroxyl groups excluding tert-OH is 1. The standard InChI is InChI=1S/C13H21N3O2/c1-10-14-11-5-16(4-3-12(11)15(10)2)6-13(7-17)8-18-9-13/h17H,3-9H2,1-2H3. The lowest BCUT2D eigenvalue weighted by atomic mass is 9.86. The van der Waals surface area contributed by atoms with E-state index in [0.717, 1.165) is 31.9 Å². The van der Waals surface area contributed by atoms with Crippen molar-refractivity contribution in [2.75, 3.05) is 32.9 Å². The number of aryl methyl sites for hydroxylation is 1. The first-order valence-corrected chi connectivity index (χ1v) is 6.56. The molecule has 1 aromatic rings. The van der Waals surface area contributed by atoms with Crippen molar-refractivity contribution in [2.45, 2.75) is 19.9 Å². The summed E-state index contributed by atoms with van der Waals surface area (Å²) in [6, 6.07) is 0. The van der Waals surface area contributed by atoms with Gasteiger partial charge >= 0.3 is 0 Å². The summed E-state index contributed by atoms with van der Waals surface area (Å²) in [4.78, 5) is 7.02. The Morgan fingerprint density at radius 3 is 2.83 bits per heavy atom. The van der Waals surface area contributed by atoms with Gasteiger partial charge in [-0.1, -0.05) is 0 Å². The Morgan fingerprint density at radius 2 is 2.22 bits per heavy atom. The van der Waals surface area contributed by atoms with Crippen LogP contribution in [0.25, 0.3) is 0 Å². The van der Waals surface area contributed by atoms with Crippen LogP contribution in [0, 0.1) is 12.3 Å². The van der Waals surface area contributed by atoms with Crippen LogP contribution in [0.3, 0.4) is 0 Å². The molecular formula is C13H21N3O2. The van der Waals surface area contributed by atoms with Gasteiger partial charge in [-0.05, 0) is 6.92 Å². The van der Waals surface area contributed by atoms with Gasteiger partial charge in [-0.15, -0.1) is 0 Å². The summed E-state index contributed by atoms with van der Waals surface area (Å²) in [7, 11) is 2.09. The van der Waals surface area contributed by atoms with E-state index < -0.39 is 0 Å².